The van der Waals surface area contributed by atoms with Crippen LogP contribution in [0.4, 0.5) is 0 Å². The number of Topliss-reactive ketones (excluding diaryl/α,β-unsaturated/α-hetero) is 1. The number of aromatic nitrogens is 3. The molecule has 0 bridgehead atoms. The predicted octanol–water partition coefficient (Wildman–Crippen LogP) is 2.83. The molecule has 0 spiro atoms. The zero-order chi connectivity index (χ0) is 19.7. The third-order valence-corrected chi connectivity index (χ3v) is 5.02. The summed E-state index contributed by atoms with van der Waals surface area (Å²) in [6.07, 6.45) is 3.05. The number of benzene rings is 1. The molecule has 0 saturated carbocycles. The first-order valence-electron chi connectivity index (χ1n) is 9.40. The van der Waals surface area contributed by atoms with Crippen LogP contribution in [0.5, 0.6) is 5.88 Å². The van der Waals surface area contributed by atoms with Gasteiger partial charge in [-0.2, -0.15) is 4.98 Å². The molecule has 1 saturated heterocycles. The van der Waals surface area contributed by atoms with Crippen LogP contribution in [0.1, 0.15) is 34.7 Å². The minimum atomic E-state index is -0.486. The highest BCUT2D eigenvalue weighted by atomic mass is 16.5. The lowest BCUT2D eigenvalue weighted by Crippen LogP contribution is -2.47. The van der Waals surface area contributed by atoms with E-state index in [0.717, 1.165) is 23.7 Å². The van der Waals surface area contributed by atoms with Crippen LogP contribution in [0.25, 0.3) is 10.9 Å². The van der Waals surface area contributed by atoms with Crippen LogP contribution in [-0.2, 0) is 4.79 Å². The predicted molar refractivity (Wildman–Crippen MR) is 104 cm³/mol. The molecular weight excluding hydrogens is 356 g/mol. The quantitative estimate of drug-likeness (QED) is 0.557. The third-order valence-electron chi connectivity index (χ3n) is 5.02. The number of piperidine rings is 1. The van der Waals surface area contributed by atoms with E-state index in [1.54, 1.807) is 24.1 Å². The van der Waals surface area contributed by atoms with Crippen LogP contribution in [0, 0.1) is 13.8 Å². The molecule has 1 N–H and O–H groups in total. The molecule has 1 aliphatic rings. The van der Waals surface area contributed by atoms with E-state index in [1.807, 2.05) is 31.2 Å². The van der Waals surface area contributed by atoms with Crippen LogP contribution in [-0.4, -0.2) is 50.7 Å². The Kier molecular flexibility index (Phi) is 4.81. The van der Waals surface area contributed by atoms with Crippen molar-refractivity contribution in [3.63, 3.8) is 0 Å². The van der Waals surface area contributed by atoms with E-state index in [1.165, 1.54) is 0 Å². The SMILES string of the molecule is Cc1nccc(OC2CCCN(C(=O)C(=O)c3c(C)[nH]c4ccccc34)C2)n1. The Morgan fingerprint density at radius 3 is 2.86 bits per heavy atom. The van der Waals surface area contributed by atoms with E-state index < -0.39 is 11.7 Å². The second-order valence-corrected chi connectivity index (χ2v) is 7.08. The molecular formula is C21H22N4O3. The van der Waals surface area contributed by atoms with Gasteiger partial charge in [-0.1, -0.05) is 18.2 Å². The van der Waals surface area contributed by atoms with Crippen molar-refractivity contribution in [2.45, 2.75) is 32.8 Å². The summed E-state index contributed by atoms with van der Waals surface area (Å²) in [5.41, 5.74) is 2.02. The van der Waals surface area contributed by atoms with Gasteiger partial charge in [0, 0.05) is 35.4 Å². The van der Waals surface area contributed by atoms with Crippen LogP contribution in [0.15, 0.2) is 36.5 Å². The lowest BCUT2D eigenvalue weighted by atomic mass is 10.0. The topological polar surface area (TPSA) is 88.2 Å². The lowest BCUT2D eigenvalue weighted by molar-refractivity contribution is -0.129. The molecule has 1 atom stereocenters. The van der Waals surface area contributed by atoms with Crippen molar-refractivity contribution >= 4 is 22.6 Å². The molecule has 1 aromatic carbocycles. The summed E-state index contributed by atoms with van der Waals surface area (Å²) in [5.74, 6) is 0.158. The zero-order valence-electron chi connectivity index (χ0n) is 15.9. The van der Waals surface area contributed by atoms with E-state index in [4.69, 9.17) is 4.74 Å². The Labute approximate surface area is 162 Å². The fraction of sp³-hybridized carbons (Fsp3) is 0.333. The average Bonchev–Trinajstić information content (AvgIpc) is 3.03. The number of ketones is 1. The number of para-hydroxylation sites is 1. The van der Waals surface area contributed by atoms with Crippen molar-refractivity contribution < 1.29 is 14.3 Å². The first kappa shape index (κ1) is 18.2. The first-order valence-corrected chi connectivity index (χ1v) is 9.40. The summed E-state index contributed by atoms with van der Waals surface area (Å²) >= 11 is 0. The van der Waals surface area contributed by atoms with Gasteiger partial charge in [0.15, 0.2) is 0 Å². The Morgan fingerprint density at radius 2 is 2.04 bits per heavy atom. The summed E-state index contributed by atoms with van der Waals surface area (Å²) in [6.45, 7) is 4.54. The first-order chi connectivity index (χ1) is 13.5. The molecule has 1 fully saturated rings. The van der Waals surface area contributed by atoms with Crippen LogP contribution in [0.2, 0.25) is 0 Å². The summed E-state index contributed by atoms with van der Waals surface area (Å²) in [5, 5.41) is 0.777. The Balaban J connectivity index is 1.51. The highest BCUT2D eigenvalue weighted by molar-refractivity contribution is 6.45. The fourth-order valence-corrected chi connectivity index (χ4v) is 3.71. The normalized spacial score (nSPS) is 16.9. The number of ether oxygens (including phenoxy) is 1. The van der Waals surface area contributed by atoms with Crippen molar-refractivity contribution in [2.24, 2.45) is 0 Å². The summed E-state index contributed by atoms with van der Waals surface area (Å²) in [6, 6.07) is 9.23. The Bertz CT molecular complexity index is 1040. The smallest absolute Gasteiger partial charge is 0.295 e. The van der Waals surface area contributed by atoms with E-state index in [0.29, 0.717) is 36.1 Å². The van der Waals surface area contributed by atoms with Gasteiger partial charge in [-0.05, 0) is 32.8 Å². The van der Waals surface area contributed by atoms with Gasteiger partial charge in [0.25, 0.3) is 11.7 Å². The second kappa shape index (κ2) is 7.42. The number of nitrogens with one attached hydrogen (secondary N) is 1. The number of fused-ring (bicyclic) bond motifs is 1. The fourth-order valence-electron chi connectivity index (χ4n) is 3.71. The van der Waals surface area contributed by atoms with Crippen molar-refractivity contribution in [1.29, 1.82) is 0 Å². The lowest BCUT2D eigenvalue weighted by Gasteiger charge is -2.32. The van der Waals surface area contributed by atoms with Crippen molar-refractivity contribution in [1.82, 2.24) is 19.9 Å². The number of likely N-dealkylation sites (tertiary alicyclic amines) is 1. The van der Waals surface area contributed by atoms with Crippen LogP contribution in [0.3, 0.4) is 0 Å². The number of rotatable bonds is 4. The molecule has 28 heavy (non-hydrogen) atoms. The maximum Gasteiger partial charge on any atom is 0.295 e. The second-order valence-electron chi connectivity index (χ2n) is 7.08. The van der Waals surface area contributed by atoms with Crippen LogP contribution < -0.4 is 4.74 Å². The highest BCUT2D eigenvalue weighted by Gasteiger charge is 2.31. The highest BCUT2D eigenvalue weighted by Crippen LogP contribution is 2.24. The minimum Gasteiger partial charge on any atom is -0.472 e. The number of hydrogen-bond acceptors (Lipinski definition) is 5. The number of hydrogen-bond donors (Lipinski definition) is 1. The molecule has 0 aliphatic carbocycles. The Hall–Kier alpha value is -3.22. The van der Waals surface area contributed by atoms with Crippen molar-refractivity contribution in [2.75, 3.05) is 13.1 Å². The van der Waals surface area contributed by atoms with Gasteiger partial charge in [-0.3, -0.25) is 9.59 Å². The van der Waals surface area contributed by atoms with Gasteiger partial charge in [0.1, 0.15) is 11.9 Å². The largest absolute Gasteiger partial charge is 0.472 e. The van der Waals surface area contributed by atoms with Crippen molar-refractivity contribution in [3.8, 4) is 5.88 Å². The molecule has 3 aromatic rings. The molecule has 0 radical (unpaired) electrons. The molecule has 1 unspecified atom stereocenters. The van der Waals surface area contributed by atoms with Gasteiger partial charge < -0.3 is 14.6 Å². The van der Waals surface area contributed by atoms with E-state index in [9.17, 15) is 9.59 Å². The number of nitrogens with zero attached hydrogens (tertiary/aromatic N) is 3. The van der Waals surface area contributed by atoms with Gasteiger partial charge in [-0.15, -0.1) is 0 Å². The number of H-pyrrole nitrogens is 1. The van der Waals surface area contributed by atoms with Gasteiger partial charge in [-0.25, -0.2) is 4.98 Å². The molecule has 144 valence electrons. The number of carbonyl (C=O) groups excluding carboxylic acids is 2. The van der Waals surface area contributed by atoms with E-state index in [-0.39, 0.29) is 6.10 Å². The van der Waals surface area contributed by atoms with E-state index in [2.05, 4.69) is 15.0 Å². The number of aryl methyl sites for hydroxylation is 2. The van der Waals surface area contributed by atoms with Gasteiger partial charge in [0.05, 0.1) is 12.1 Å². The Morgan fingerprint density at radius 1 is 1.21 bits per heavy atom. The summed E-state index contributed by atoms with van der Waals surface area (Å²) < 4.78 is 5.92. The molecule has 3 heterocycles. The summed E-state index contributed by atoms with van der Waals surface area (Å²) in [4.78, 5) is 39.0. The monoisotopic (exact) mass is 378 g/mol. The minimum absolute atomic E-state index is 0.191. The maximum atomic E-state index is 13.0. The number of amides is 1. The van der Waals surface area contributed by atoms with Crippen LogP contribution >= 0.6 is 0 Å². The number of aromatic amines is 1. The molecule has 7 nitrogen and oxygen atoms in total. The van der Waals surface area contributed by atoms with Gasteiger partial charge in [0.2, 0.25) is 5.88 Å². The van der Waals surface area contributed by atoms with E-state index >= 15 is 0 Å². The average molecular weight is 378 g/mol. The molecule has 1 aliphatic heterocycles. The molecule has 4 rings (SSSR count). The number of carbonyl (C=O) groups is 2. The molecule has 7 heteroatoms. The summed E-state index contributed by atoms with van der Waals surface area (Å²) in [7, 11) is 0. The van der Waals surface area contributed by atoms with Gasteiger partial charge >= 0.3 is 0 Å². The standard InChI is InChI=1S/C21H22N4O3/c1-13-19(16-7-3-4-8-17(16)23-13)20(26)21(27)25-11-5-6-15(12-25)28-18-9-10-22-14(2)24-18/h3-4,7-10,15,23H,5-6,11-12H2,1-2H3. The molecule has 1 amide bonds. The zero-order valence-corrected chi connectivity index (χ0v) is 15.9. The molecule has 2 aromatic heterocycles. The maximum absolute atomic E-state index is 13.0. The van der Waals surface area contributed by atoms with Crippen molar-refractivity contribution in [3.05, 3.63) is 53.6 Å². The third kappa shape index (κ3) is 3.47.